The molecule has 0 radical (unpaired) electrons. The largest absolute Gasteiger partial charge is 0.484 e. The van der Waals surface area contributed by atoms with Gasteiger partial charge in [-0.05, 0) is 48.4 Å². The lowest BCUT2D eigenvalue weighted by Crippen LogP contribution is -2.40. The van der Waals surface area contributed by atoms with Gasteiger partial charge in [0.1, 0.15) is 5.75 Å². The number of carbonyl (C=O) groups is 2. The molecule has 1 fully saturated rings. The predicted octanol–water partition coefficient (Wildman–Crippen LogP) is 4.33. The Balaban J connectivity index is 1.73. The molecular formula is C21H20BrF3N2O3. The Morgan fingerprint density at radius 3 is 2.57 bits per heavy atom. The summed E-state index contributed by atoms with van der Waals surface area (Å²) >= 11 is 3.30. The van der Waals surface area contributed by atoms with Crippen molar-refractivity contribution < 1.29 is 27.5 Å². The zero-order valence-corrected chi connectivity index (χ0v) is 17.5. The molecule has 1 saturated heterocycles. The van der Waals surface area contributed by atoms with E-state index < -0.39 is 23.7 Å². The molecule has 1 unspecified atom stereocenters. The average Bonchev–Trinajstić information content (AvgIpc) is 3.11. The number of ether oxygens (including phenoxy) is 1. The number of halogens is 4. The standard InChI is InChI=1S/C21H20BrF3N2O3/c22-16-6-8-17(9-7-16)30-13-19(28)26-18(12-27-10-2-5-20(27)29)14-3-1-4-15(11-14)21(23,24)25/h1,3-4,6-9,11,18H,2,5,10,12-13H2,(H,26,28). The van der Waals surface area contributed by atoms with Gasteiger partial charge < -0.3 is 15.0 Å². The smallest absolute Gasteiger partial charge is 0.416 e. The van der Waals surface area contributed by atoms with Crippen LogP contribution >= 0.6 is 15.9 Å². The van der Waals surface area contributed by atoms with Crippen LogP contribution in [-0.2, 0) is 15.8 Å². The number of nitrogens with one attached hydrogen (secondary N) is 1. The molecule has 3 rings (SSSR count). The highest BCUT2D eigenvalue weighted by Crippen LogP contribution is 2.31. The van der Waals surface area contributed by atoms with E-state index in [-0.39, 0.29) is 24.6 Å². The number of nitrogens with zero attached hydrogens (tertiary/aromatic N) is 1. The predicted molar refractivity (Wildman–Crippen MR) is 108 cm³/mol. The van der Waals surface area contributed by atoms with Gasteiger partial charge in [0.25, 0.3) is 5.91 Å². The van der Waals surface area contributed by atoms with Crippen molar-refractivity contribution in [2.24, 2.45) is 0 Å². The van der Waals surface area contributed by atoms with Crippen molar-refractivity contribution in [1.29, 1.82) is 0 Å². The molecule has 1 N–H and O–H groups in total. The molecular weight excluding hydrogens is 465 g/mol. The minimum absolute atomic E-state index is 0.0765. The SMILES string of the molecule is O=C(COc1ccc(Br)cc1)NC(CN1CCCC1=O)c1cccc(C(F)(F)F)c1. The monoisotopic (exact) mass is 484 g/mol. The third-order valence-corrected chi connectivity index (χ3v) is 5.24. The maximum Gasteiger partial charge on any atom is 0.416 e. The number of benzene rings is 2. The third kappa shape index (κ3) is 5.98. The van der Waals surface area contributed by atoms with Crippen LogP contribution in [0.15, 0.2) is 53.0 Å². The molecule has 0 bridgehead atoms. The molecule has 1 heterocycles. The van der Waals surface area contributed by atoms with Crippen LogP contribution in [0.2, 0.25) is 0 Å². The van der Waals surface area contributed by atoms with E-state index in [1.54, 1.807) is 29.2 Å². The summed E-state index contributed by atoms with van der Waals surface area (Å²) in [5.74, 6) is -0.0852. The van der Waals surface area contributed by atoms with Crippen LogP contribution < -0.4 is 10.1 Å². The quantitative estimate of drug-likeness (QED) is 0.636. The Hall–Kier alpha value is -2.55. The maximum atomic E-state index is 13.1. The molecule has 9 heteroatoms. The molecule has 2 aromatic rings. The fourth-order valence-electron chi connectivity index (χ4n) is 3.20. The van der Waals surface area contributed by atoms with Gasteiger partial charge in [-0.1, -0.05) is 28.1 Å². The average molecular weight is 485 g/mol. The Labute approximate surface area is 180 Å². The van der Waals surface area contributed by atoms with E-state index in [2.05, 4.69) is 21.2 Å². The molecule has 0 spiro atoms. The molecule has 0 saturated carbocycles. The summed E-state index contributed by atoms with van der Waals surface area (Å²) in [4.78, 5) is 26.0. The van der Waals surface area contributed by atoms with Crippen molar-refractivity contribution in [3.63, 3.8) is 0 Å². The van der Waals surface area contributed by atoms with Gasteiger partial charge in [-0.3, -0.25) is 9.59 Å². The molecule has 2 aromatic carbocycles. The molecule has 30 heavy (non-hydrogen) atoms. The normalized spacial score (nSPS) is 15.2. The number of hydrogen-bond acceptors (Lipinski definition) is 3. The first-order valence-electron chi connectivity index (χ1n) is 9.35. The summed E-state index contributed by atoms with van der Waals surface area (Å²) in [6.07, 6.45) is -3.41. The van der Waals surface area contributed by atoms with Gasteiger partial charge >= 0.3 is 6.18 Å². The molecule has 1 atom stereocenters. The third-order valence-electron chi connectivity index (χ3n) is 4.71. The van der Waals surface area contributed by atoms with Crippen molar-refractivity contribution >= 4 is 27.7 Å². The van der Waals surface area contributed by atoms with Gasteiger partial charge in [0.2, 0.25) is 5.91 Å². The van der Waals surface area contributed by atoms with Gasteiger partial charge in [0.05, 0.1) is 11.6 Å². The van der Waals surface area contributed by atoms with E-state index in [1.807, 2.05) is 0 Å². The molecule has 2 amide bonds. The van der Waals surface area contributed by atoms with Gasteiger partial charge in [-0.15, -0.1) is 0 Å². The number of likely N-dealkylation sites (tertiary alicyclic amines) is 1. The number of carbonyl (C=O) groups excluding carboxylic acids is 2. The van der Waals surface area contributed by atoms with Gasteiger partial charge in [0, 0.05) is 24.0 Å². The fraction of sp³-hybridized carbons (Fsp3) is 0.333. The van der Waals surface area contributed by atoms with E-state index in [1.165, 1.54) is 12.1 Å². The highest BCUT2D eigenvalue weighted by Gasteiger charge is 2.32. The van der Waals surface area contributed by atoms with Crippen LogP contribution in [0.4, 0.5) is 13.2 Å². The van der Waals surface area contributed by atoms with Crippen LogP contribution in [-0.4, -0.2) is 36.4 Å². The summed E-state index contributed by atoms with van der Waals surface area (Å²) in [6, 6.07) is 10.9. The maximum absolute atomic E-state index is 13.1. The van der Waals surface area contributed by atoms with Crippen molar-refractivity contribution in [2.75, 3.05) is 19.7 Å². The van der Waals surface area contributed by atoms with Crippen molar-refractivity contribution in [1.82, 2.24) is 10.2 Å². The zero-order valence-electron chi connectivity index (χ0n) is 15.9. The summed E-state index contributed by atoms with van der Waals surface area (Å²) in [5, 5.41) is 2.71. The molecule has 1 aliphatic heterocycles. The lowest BCUT2D eigenvalue weighted by Gasteiger charge is -2.26. The molecule has 1 aliphatic rings. The molecule has 160 valence electrons. The Morgan fingerprint density at radius 1 is 1.20 bits per heavy atom. The zero-order chi connectivity index (χ0) is 21.7. The van der Waals surface area contributed by atoms with E-state index in [0.717, 1.165) is 16.6 Å². The van der Waals surface area contributed by atoms with Crippen LogP contribution in [0.1, 0.15) is 30.0 Å². The second kappa shape index (κ2) is 9.51. The first-order chi connectivity index (χ1) is 14.2. The number of amides is 2. The van der Waals surface area contributed by atoms with E-state index in [0.29, 0.717) is 25.1 Å². The second-order valence-corrected chi connectivity index (χ2v) is 7.84. The van der Waals surface area contributed by atoms with Crippen LogP contribution in [0.5, 0.6) is 5.75 Å². The lowest BCUT2D eigenvalue weighted by atomic mass is 10.0. The Morgan fingerprint density at radius 2 is 1.93 bits per heavy atom. The first kappa shape index (κ1) is 22.1. The highest BCUT2D eigenvalue weighted by molar-refractivity contribution is 9.10. The van der Waals surface area contributed by atoms with Crippen LogP contribution in [0.3, 0.4) is 0 Å². The van der Waals surface area contributed by atoms with E-state index in [9.17, 15) is 22.8 Å². The van der Waals surface area contributed by atoms with Crippen molar-refractivity contribution in [3.05, 3.63) is 64.1 Å². The van der Waals surface area contributed by atoms with Crippen molar-refractivity contribution in [2.45, 2.75) is 25.1 Å². The molecule has 0 aromatic heterocycles. The summed E-state index contributed by atoms with van der Waals surface area (Å²) in [6.45, 7) is 0.314. The van der Waals surface area contributed by atoms with Crippen LogP contribution in [0.25, 0.3) is 0 Å². The van der Waals surface area contributed by atoms with Crippen molar-refractivity contribution in [3.8, 4) is 5.75 Å². The van der Waals surface area contributed by atoms with E-state index in [4.69, 9.17) is 4.74 Å². The topological polar surface area (TPSA) is 58.6 Å². The fourth-order valence-corrected chi connectivity index (χ4v) is 3.46. The summed E-state index contributed by atoms with van der Waals surface area (Å²) in [5.41, 5.74) is -0.528. The number of alkyl halides is 3. The first-order valence-corrected chi connectivity index (χ1v) is 10.1. The Bertz CT molecular complexity index is 903. The highest BCUT2D eigenvalue weighted by atomic mass is 79.9. The van der Waals surface area contributed by atoms with Gasteiger partial charge in [-0.2, -0.15) is 13.2 Å². The molecule has 5 nitrogen and oxygen atoms in total. The lowest BCUT2D eigenvalue weighted by molar-refractivity contribution is -0.137. The van der Waals surface area contributed by atoms with Crippen LogP contribution in [0, 0.1) is 0 Å². The summed E-state index contributed by atoms with van der Waals surface area (Å²) < 4.78 is 45.7. The Kier molecular flexibility index (Phi) is 7.02. The minimum atomic E-state index is -4.50. The summed E-state index contributed by atoms with van der Waals surface area (Å²) in [7, 11) is 0. The van der Waals surface area contributed by atoms with E-state index >= 15 is 0 Å². The van der Waals surface area contributed by atoms with Gasteiger partial charge in [-0.25, -0.2) is 0 Å². The number of rotatable bonds is 7. The number of hydrogen-bond donors (Lipinski definition) is 1. The minimum Gasteiger partial charge on any atom is -0.484 e. The van der Waals surface area contributed by atoms with Gasteiger partial charge in [0.15, 0.2) is 6.61 Å². The molecule has 0 aliphatic carbocycles. The second-order valence-electron chi connectivity index (χ2n) is 6.93.